The molecule has 0 amide bonds. The van der Waals surface area contributed by atoms with Crippen LogP contribution in [0.15, 0.2) is 5.03 Å². The molecule has 0 fully saturated rings. The molecule has 1 rings (SSSR count). The van der Waals surface area contributed by atoms with Crippen molar-refractivity contribution in [1.29, 1.82) is 0 Å². The number of thiol groups is 2. The van der Waals surface area contributed by atoms with Gasteiger partial charge in [-0.1, -0.05) is 40.5 Å². The fraction of sp³-hybridized carbons (Fsp3) is 0.636. The third-order valence-electron chi connectivity index (χ3n) is 3.12. The van der Waals surface area contributed by atoms with Crippen molar-refractivity contribution >= 4 is 38.9 Å². The predicted molar refractivity (Wildman–Crippen MR) is 77.0 cm³/mol. The molecule has 0 aliphatic carbocycles. The van der Waals surface area contributed by atoms with Gasteiger partial charge in [0, 0.05) is 0 Å². The van der Waals surface area contributed by atoms with Crippen LogP contribution in [0.4, 0.5) is 0 Å². The van der Waals surface area contributed by atoms with Crippen molar-refractivity contribution in [2.75, 3.05) is 0 Å². The Kier molecular flexibility index (Phi) is 4.30. The largest absolute Gasteiger partial charge is 0.295 e. The molecule has 4 heteroatoms. The maximum absolute atomic E-state index is 4.56. The van der Waals surface area contributed by atoms with Crippen molar-refractivity contribution in [2.24, 2.45) is 0 Å². The quantitative estimate of drug-likeness (QED) is 0.592. The van der Waals surface area contributed by atoms with Gasteiger partial charge in [0.05, 0.1) is 5.03 Å². The summed E-state index contributed by atoms with van der Waals surface area (Å²) in [5.41, 5.74) is 4.04. The van der Waals surface area contributed by atoms with Crippen molar-refractivity contribution in [1.82, 2.24) is 3.97 Å². The number of hydrogen-bond acceptors (Lipinski definition) is 2. The molecule has 1 nitrogen and oxygen atoms in total. The number of hydrogen-bond donors (Lipinski definition) is 2. The first kappa shape index (κ1) is 13.1. The van der Waals surface area contributed by atoms with Crippen molar-refractivity contribution < 1.29 is 0 Å². The SMILES string of the molecule is Bc1c(C(C)CC)c(C(C)C)c(S)n1S. The van der Waals surface area contributed by atoms with E-state index in [-0.39, 0.29) is 0 Å². The zero-order valence-corrected chi connectivity index (χ0v) is 12.0. The molecule has 1 aromatic rings. The van der Waals surface area contributed by atoms with Gasteiger partial charge >= 0.3 is 0 Å². The van der Waals surface area contributed by atoms with Gasteiger partial charge in [0.2, 0.25) is 0 Å². The van der Waals surface area contributed by atoms with Crippen molar-refractivity contribution in [3.05, 3.63) is 11.1 Å². The zero-order chi connectivity index (χ0) is 11.7. The van der Waals surface area contributed by atoms with Crippen molar-refractivity contribution in [3.63, 3.8) is 0 Å². The average Bonchev–Trinajstić information content (AvgIpc) is 2.41. The maximum Gasteiger partial charge on any atom is 0.162 e. The van der Waals surface area contributed by atoms with Crippen LogP contribution < -0.4 is 5.59 Å². The van der Waals surface area contributed by atoms with E-state index in [4.69, 9.17) is 0 Å². The summed E-state index contributed by atoms with van der Waals surface area (Å²) in [7, 11) is 2.13. The Bertz CT molecular complexity index is 358. The Morgan fingerprint density at radius 1 is 1.27 bits per heavy atom. The highest BCUT2D eigenvalue weighted by Gasteiger charge is 2.21. The lowest BCUT2D eigenvalue weighted by Crippen LogP contribution is -2.16. The molecule has 15 heavy (non-hydrogen) atoms. The Labute approximate surface area is 105 Å². The van der Waals surface area contributed by atoms with Gasteiger partial charge in [-0.25, -0.2) is 0 Å². The maximum atomic E-state index is 4.56. The average molecular weight is 241 g/mol. The highest BCUT2D eigenvalue weighted by molar-refractivity contribution is 7.82. The van der Waals surface area contributed by atoms with Gasteiger partial charge in [0.1, 0.15) is 0 Å². The van der Waals surface area contributed by atoms with E-state index in [0.717, 1.165) is 11.4 Å². The molecule has 0 bridgehead atoms. The van der Waals surface area contributed by atoms with Crippen LogP contribution in [0.1, 0.15) is 57.1 Å². The van der Waals surface area contributed by atoms with Gasteiger partial charge < -0.3 is 0 Å². The minimum absolute atomic E-state index is 0.508. The van der Waals surface area contributed by atoms with Crippen LogP contribution >= 0.6 is 25.4 Å². The van der Waals surface area contributed by atoms with Crippen LogP contribution in [0.25, 0.3) is 0 Å². The molecular formula is C11H20BNS2. The van der Waals surface area contributed by atoms with Gasteiger partial charge in [-0.05, 0) is 35.0 Å². The highest BCUT2D eigenvalue weighted by atomic mass is 32.1. The third kappa shape index (κ3) is 2.26. The summed E-state index contributed by atoms with van der Waals surface area (Å²) in [4.78, 5) is 0. The van der Waals surface area contributed by atoms with Crippen molar-refractivity contribution in [3.8, 4) is 0 Å². The summed E-state index contributed by atoms with van der Waals surface area (Å²) in [6.07, 6.45) is 1.16. The van der Waals surface area contributed by atoms with Crippen molar-refractivity contribution in [2.45, 2.75) is 51.0 Å². The predicted octanol–water partition coefficient (Wildman–Crippen LogP) is 2.37. The van der Waals surface area contributed by atoms with Gasteiger partial charge in [0.15, 0.2) is 7.85 Å². The molecule has 0 saturated heterocycles. The van der Waals surface area contributed by atoms with E-state index in [0.29, 0.717) is 11.8 Å². The van der Waals surface area contributed by atoms with Crippen LogP contribution in [0.2, 0.25) is 0 Å². The number of rotatable bonds is 3. The topological polar surface area (TPSA) is 4.93 Å². The molecule has 0 N–H and O–H groups in total. The van der Waals surface area contributed by atoms with E-state index < -0.39 is 0 Å². The standard InChI is InChI=1S/C11H20BNS2/c1-5-7(4)9-8(6(2)3)11(14)13(15)10(9)12/h6-7,14-15H,5,12H2,1-4H3. The Morgan fingerprint density at radius 3 is 2.20 bits per heavy atom. The highest BCUT2D eigenvalue weighted by Crippen LogP contribution is 2.33. The first-order chi connectivity index (χ1) is 6.91. The first-order valence-electron chi connectivity index (χ1n) is 5.55. The summed E-state index contributed by atoms with van der Waals surface area (Å²) in [5, 5.41) is 1.00. The lowest BCUT2D eigenvalue weighted by molar-refractivity contribution is 0.711. The fourth-order valence-corrected chi connectivity index (χ4v) is 2.84. The van der Waals surface area contributed by atoms with E-state index in [1.54, 1.807) is 0 Å². The first-order valence-corrected chi connectivity index (χ1v) is 6.39. The lowest BCUT2D eigenvalue weighted by atomic mass is 9.85. The van der Waals surface area contributed by atoms with E-state index in [1.807, 2.05) is 3.97 Å². The summed E-state index contributed by atoms with van der Waals surface area (Å²) in [6, 6.07) is 0. The molecule has 0 spiro atoms. The second kappa shape index (κ2) is 4.92. The van der Waals surface area contributed by atoms with E-state index in [2.05, 4.69) is 61.0 Å². The fourth-order valence-electron chi connectivity index (χ4n) is 2.10. The van der Waals surface area contributed by atoms with Crippen LogP contribution in [0, 0.1) is 0 Å². The van der Waals surface area contributed by atoms with E-state index in [9.17, 15) is 0 Å². The molecule has 1 unspecified atom stereocenters. The smallest absolute Gasteiger partial charge is 0.162 e. The minimum atomic E-state index is 0.508. The molecule has 84 valence electrons. The zero-order valence-electron chi connectivity index (χ0n) is 10.2. The molecule has 0 aromatic carbocycles. The minimum Gasteiger partial charge on any atom is -0.295 e. The summed E-state index contributed by atoms with van der Waals surface area (Å²) in [6.45, 7) is 8.93. The number of aromatic nitrogens is 1. The molecule has 0 radical (unpaired) electrons. The third-order valence-corrected chi connectivity index (χ3v) is 4.22. The summed E-state index contributed by atoms with van der Waals surface area (Å²) >= 11 is 9.03. The number of nitrogens with zero attached hydrogens (tertiary/aromatic N) is 1. The van der Waals surface area contributed by atoms with Gasteiger partial charge in [-0.15, -0.1) is 12.6 Å². The second-order valence-electron chi connectivity index (χ2n) is 4.51. The molecule has 0 saturated carbocycles. The normalized spacial score (nSPS) is 13.5. The molecule has 0 aliphatic heterocycles. The molecule has 1 aromatic heterocycles. The molecule has 0 aliphatic rings. The summed E-state index contributed by atoms with van der Waals surface area (Å²) in [5.74, 6) is 1.09. The Hall–Kier alpha value is 0.0449. The van der Waals surface area contributed by atoms with Crippen LogP contribution in [-0.4, -0.2) is 11.8 Å². The van der Waals surface area contributed by atoms with E-state index in [1.165, 1.54) is 16.7 Å². The molecule has 1 atom stereocenters. The van der Waals surface area contributed by atoms with Gasteiger partial charge in [-0.3, -0.25) is 3.97 Å². The van der Waals surface area contributed by atoms with Crippen LogP contribution in [0.5, 0.6) is 0 Å². The molecule has 1 heterocycles. The Balaban J connectivity index is 3.40. The lowest BCUT2D eigenvalue weighted by Gasteiger charge is -2.14. The van der Waals surface area contributed by atoms with Crippen LogP contribution in [-0.2, 0) is 0 Å². The van der Waals surface area contributed by atoms with E-state index >= 15 is 0 Å². The Morgan fingerprint density at radius 2 is 1.80 bits per heavy atom. The summed E-state index contributed by atoms with van der Waals surface area (Å²) < 4.78 is 1.90. The molecular weight excluding hydrogens is 221 g/mol. The van der Waals surface area contributed by atoms with Crippen LogP contribution in [0.3, 0.4) is 0 Å². The monoisotopic (exact) mass is 241 g/mol. The van der Waals surface area contributed by atoms with Gasteiger partial charge in [-0.2, -0.15) is 0 Å². The van der Waals surface area contributed by atoms with Gasteiger partial charge in [0.25, 0.3) is 0 Å². The second-order valence-corrected chi connectivity index (χ2v) is 5.34.